The zero-order valence-electron chi connectivity index (χ0n) is 18.3. The number of thiophene rings is 1. The maximum atomic E-state index is 13.7. The molecule has 166 valence electrons. The Kier molecular flexibility index (Phi) is 5.08. The molecule has 0 aliphatic rings. The van der Waals surface area contributed by atoms with E-state index in [1.54, 1.807) is 36.1 Å². The second-order valence-corrected chi connectivity index (χ2v) is 8.78. The number of pyridine rings is 1. The largest absolute Gasteiger partial charge is 0.336 e. The molecule has 4 aromatic heterocycles. The van der Waals surface area contributed by atoms with Crippen molar-refractivity contribution in [2.45, 2.75) is 19.9 Å². The van der Waals surface area contributed by atoms with Crippen molar-refractivity contribution in [3.8, 4) is 28.3 Å². The molecule has 5 aromatic rings. The Labute approximate surface area is 197 Å². The van der Waals surface area contributed by atoms with Gasteiger partial charge in [-0.1, -0.05) is 18.2 Å². The topological polar surface area (TPSA) is 122 Å². The van der Waals surface area contributed by atoms with Gasteiger partial charge in [-0.3, -0.25) is 19.0 Å². The summed E-state index contributed by atoms with van der Waals surface area (Å²) in [6, 6.07) is 13.1. The highest BCUT2D eigenvalue weighted by molar-refractivity contribution is 7.22. The highest BCUT2D eigenvalue weighted by Crippen LogP contribution is 2.34. The lowest BCUT2D eigenvalue weighted by atomic mass is 10.1. The summed E-state index contributed by atoms with van der Waals surface area (Å²) in [5, 5.41) is 23.8. The second kappa shape index (κ2) is 8.10. The van der Waals surface area contributed by atoms with Crippen LogP contribution in [0.15, 0.2) is 52.3 Å². The lowest BCUT2D eigenvalue weighted by molar-refractivity contribution is 0.663. The van der Waals surface area contributed by atoms with Crippen LogP contribution in [0.5, 0.6) is 0 Å². The molecule has 0 fully saturated rings. The average Bonchev–Trinajstić information content (AvgIpc) is 3.41. The molecule has 0 saturated heterocycles. The summed E-state index contributed by atoms with van der Waals surface area (Å²) in [7, 11) is 1.79. The van der Waals surface area contributed by atoms with Crippen LogP contribution < -0.4 is 11.2 Å². The van der Waals surface area contributed by atoms with Gasteiger partial charge in [-0.2, -0.15) is 15.6 Å². The summed E-state index contributed by atoms with van der Waals surface area (Å²) in [4.78, 5) is 32.3. The van der Waals surface area contributed by atoms with E-state index in [1.807, 2.05) is 19.1 Å². The van der Waals surface area contributed by atoms with Gasteiger partial charge in [0.15, 0.2) is 0 Å². The fourth-order valence-corrected chi connectivity index (χ4v) is 5.25. The Balaban J connectivity index is 1.89. The molecule has 0 amide bonds. The van der Waals surface area contributed by atoms with Crippen LogP contribution in [0, 0.1) is 29.6 Å². The number of fused-ring (bicyclic) bond motifs is 2. The SMILES string of the molecule is Cc1c2c(-n3c(=O)c4sc(-c5ccccc5C#N)cc4n(CCC#N)c3=O)cncc2nn1C. The Bertz CT molecular complexity index is 1810. The van der Waals surface area contributed by atoms with Crippen molar-refractivity contribution >= 4 is 32.5 Å². The van der Waals surface area contributed by atoms with Gasteiger partial charge in [0.2, 0.25) is 0 Å². The standard InChI is InChI=1S/C24H17N7O2S/c1-14-21-17(28-29(14)2)12-27-13-19(21)31-23(32)22-18(30(24(31)33)9-5-8-25)10-20(34-22)16-7-4-3-6-15(16)11-26/h3-4,6-7,10,12-13H,5,9H2,1-2H3. The molecule has 9 nitrogen and oxygen atoms in total. The molecule has 5 rings (SSSR count). The fourth-order valence-electron chi connectivity index (χ4n) is 4.12. The first-order valence-corrected chi connectivity index (χ1v) is 11.2. The summed E-state index contributed by atoms with van der Waals surface area (Å²) < 4.78 is 4.59. The number of nitrogens with zero attached hydrogens (tertiary/aromatic N) is 7. The summed E-state index contributed by atoms with van der Waals surface area (Å²) in [5.41, 5.74) is 2.28. The highest BCUT2D eigenvalue weighted by Gasteiger charge is 2.22. The smallest absolute Gasteiger partial charge is 0.291 e. The molecular weight excluding hydrogens is 450 g/mol. The first-order chi connectivity index (χ1) is 16.5. The maximum absolute atomic E-state index is 13.7. The molecule has 0 aliphatic carbocycles. The Hall–Kier alpha value is -4.54. The lowest BCUT2D eigenvalue weighted by Gasteiger charge is -2.11. The van der Waals surface area contributed by atoms with Gasteiger partial charge in [0, 0.05) is 29.7 Å². The third-order valence-corrected chi connectivity index (χ3v) is 6.98. The number of nitriles is 2. The zero-order chi connectivity index (χ0) is 24.0. The molecule has 1 aromatic carbocycles. The molecule has 0 aliphatic heterocycles. The normalized spacial score (nSPS) is 11.1. The zero-order valence-corrected chi connectivity index (χ0v) is 19.1. The van der Waals surface area contributed by atoms with E-state index in [0.717, 1.165) is 10.3 Å². The molecule has 0 unspecified atom stereocenters. The Morgan fingerprint density at radius 1 is 1.15 bits per heavy atom. The minimum absolute atomic E-state index is 0.0988. The summed E-state index contributed by atoms with van der Waals surface area (Å²) >= 11 is 1.22. The van der Waals surface area contributed by atoms with Crippen molar-refractivity contribution in [2.75, 3.05) is 0 Å². The third kappa shape index (κ3) is 3.12. The summed E-state index contributed by atoms with van der Waals surface area (Å²) in [5.74, 6) is 0. The lowest BCUT2D eigenvalue weighted by Crippen LogP contribution is -2.38. The predicted octanol–water partition coefficient (Wildman–Crippen LogP) is 3.26. The minimum Gasteiger partial charge on any atom is -0.291 e. The molecule has 0 spiro atoms. The third-order valence-electron chi connectivity index (χ3n) is 5.83. The maximum Gasteiger partial charge on any atom is 0.336 e. The van der Waals surface area contributed by atoms with Crippen LogP contribution in [-0.2, 0) is 13.6 Å². The van der Waals surface area contributed by atoms with Crippen LogP contribution in [0.2, 0.25) is 0 Å². The molecule has 0 saturated carbocycles. The molecule has 0 atom stereocenters. The van der Waals surface area contributed by atoms with E-state index in [0.29, 0.717) is 42.8 Å². The molecule has 34 heavy (non-hydrogen) atoms. The first-order valence-electron chi connectivity index (χ1n) is 10.4. The van der Waals surface area contributed by atoms with Gasteiger partial charge < -0.3 is 0 Å². The van der Waals surface area contributed by atoms with Gasteiger partial charge in [0.1, 0.15) is 10.2 Å². The predicted molar refractivity (Wildman–Crippen MR) is 129 cm³/mol. The van der Waals surface area contributed by atoms with Crippen LogP contribution in [0.4, 0.5) is 0 Å². The van der Waals surface area contributed by atoms with Crippen molar-refractivity contribution in [3.05, 3.63) is 74.8 Å². The number of hydrogen-bond acceptors (Lipinski definition) is 7. The molecule has 4 heterocycles. The van der Waals surface area contributed by atoms with E-state index in [1.165, 1.54) is 22.1 Å². The average molecular weight is 468 g/mol. The molecule has 10 heteroatoms. The number of hydrogen-bond donors (Lipinski definition) is 0. The van der Waals surface area contributed by atoms with Crippen molar-refractivity contribution in [3.63, 3.8) is 0 Å². The van der Waals surface area contributed by atoms with Gasteiger partial charge in [-0.15, -0.1) is 11.3 Å². The number of benzene rings is 1. The van der Waals surface area contributed by atoms with Crippen LogP contribution in [0.3, 0.4) is 0 Å². The Morgan fingerprint density at radius 3 is 2.71 bits per heavy atom. The number of aromatic nitrogens is 5. The highest BCUT2D eigenvalue weighted by atomic mass is 32.1. The quantitative estimate of drug-likeness (QED) is 0.400. The van der Waals surface area contributed by atoms with Gasteiger partial charge in [0.25, 0.3) is 5.56 Å². The Morgan fingerprint density at radius 2 is 1.94 bits per heavy atom. The molecule has 0 radical (unpaired) electrons. The van der Waals surface area contributed by atoms with Crippen molar-refractivity contribution < 1.29 is 0 Å². The monoisotopic (exact) mass is 467 g/mol. The van der Waals surface area contributed by atoms with Crippen LogP contribution in [0.25, 0.3) is 37.2 Å². The van der Waals surface area contributed by atoms with E-state index in [9.17, 15) is 20.1 Å². The molecular formula is C24H17N7O2S. The first kappa shape index (κ1) is 21.3. The second-order valence-electron chi connectivity index (χ2n) is 7.73. The molecule has 0 N–H and O–H groups in total. The molecule has 0 bridgehead atoms. The van der Waals surface area contributed by atoms with Crippen LogP contribution in [-0.4, -0.2) is 23.9 Å². The fraction of sp³-hybridized carbons (Fsp3) is 0.167. The van der Waals surface area contributed by atoms with Crippen LogP contribution >= 0.6 is 11.3 Å². The van der Waals surface area contributed by atoms with Gasteiger partial charge in [-0.25, -0.2) is 9.36 Å². The van der Waals surface area contributed by atoms with Crippen molar-refractivity contribution in [1.29, 1.82) is 10.5 Å². The minimum atomic E-state index is -0.553. The van der Waals surface area contributed by atoms with E-state index >= 15 is 0 Å². The van der Waals surface area contributed by atoms with E-state index in [4.69, 9.17) is 0 Å². The summed E-state index contributed by atoms with van der Waals surface area (Å²) in [6.07, 6.45) is 3.17. The van der Waals surface area contributed by atoms with Gasteiger partial charge in [-0.05, 0) is 19.1 Å². The van der Waals surface area contributed by atoms with Crippen molar-refractivity contribution in [1.82, 2.24) is 23.9 Å². The summed E-state index contributed by atoms with van der Waals surface area (Å²) in [6.45, 7) is 1.98. The van der Waals surface area contributed by atoms with Crippen LogP contribution in [0.1, 0.15) is 17.7 Å². The van der Waals surface area contributed by atoms with Crippen molar-refractivity contribution in [2.24, 2.45) is 7.05 Å². The van der Waals surface area contributed by atoms with Gasteiger partial charge >= 0.3 is 5.69 Å². The van der Waals surface area contributed by atoms with E-state index in [2.05, 4.69) is 22.2 Å². The van der Waals surface area contributed by atoms with Gasteiger partial charge in [0.05, 0.1) is 53.1 Å². The van der Waals surface area contributed by atoms with E-state index < -0.39 is 11.2 Å². The number of aryl methyl sites for hydroxylation is 3. The van der Waals surface area contributed by atoms with E-state index in [-0.39, 0.29) is 13.0 Å². The number of rotatable bonds is 4.